The summed E-state index contributed by atoms with van der Waals surface area (Å²) in [5, 5.41) is 15.3. The molecule has 2 N–H and O–H groups in total. The molecule has 0 aliphatic rings. The standard InChI is InChI=1S/C15H13ClN6O/c16-14-7-2-1-5-12(14)10-23-13-6-3-4-11(8-13)9-18-22-15(17)19-20-21-22/h1-9H,10H2,(H2,17,19,21)/b18-9+. The van der Waals surface area contributed by atoms with E-state index in [0.29, 0.717) is 17.4 Å². The predicted molar refractivity (Wildman–Crippen MR) is 87.4 cm³/mol. The third kappa shape index (κ3) is 3.83. The predicted octanol–water partition coefficient (Wildman–Crippen LogP) is 2.37. The van der Waals surface area contributed by atoms with Crippen LogP contribution in [0.4, 0.5) is 5.95 Å². The highest BCUT2D eigenvalue weighted by atomic mass is 35.5. The Balaban J connectivity index is 1.69. The molecule has 0 unspecified atom stereocenters. The Bertz CT molecular complexity index is 832. The Hall–Kier alpha value is -2.93. The first-order chi connectivity index (χ1) is 11.2. The molecular weight excluding hydrogens is 316 g/mol. The third-order valence-corrected chi connectivity index (χ3v) is 3.37. The third-order valence-electron chi connectivity index (χ3n) is 3.00. The van der Waals surface area contributed by atoms with Crippen LogP contribution in [0.3, 0.4) is 0 Å². The van der Waals surface area contributed by atoms with Crippen LogP contribution in [0.25, 0.3) is 0 Å². The summed E-state index contributed by atoms with van der Waals surface area (Å²) in [6.07, 6.45) is 1.59. The van der Waals surface area contributed by atoms with Gasteiger partial charge in [0.15, 0.2) is 0 Å². The Labute approximate surface area is 137 Å². The van der Waals surface area contributed by atoms with Crippen molar-refractivity contribution in [2.24, 2.45) is 5.10 Å². The molecule has 0 bridgehead atoms. The van der Waals surface area contributed by atoms with E-state index in [9.17, 15) is 0 Å². The van der Waals surface area contributed by atoms with Crippen molar-refractivity contribution < 1.29 is 4.74 Å². The van der Waals surface area contributed by atoms with E-state index < -0.39 is 0 Å². The van der Waals surface area contributed by atoms with E-state index in [2.05, 4.69) is 20.6 Å². The van der Waals surface area contributed by atoms with Gasteiger partial charge in [-0.3, -0.25) is 0 Å². The normalized spacial score (nSPS) is 11.0. The number of halogens is 1. The lowest BCUT2D eigenvalue weighted by Gasteiger charge is -2.08. The van der Waals surface area contributed by atoms with Gasteiger partial charge in [0.05, 0.1) is 6.21 Å². The number of anilines is 1. The van der Waals surface area contributed by atoms with Crippen molar-refractivity contribution in [3.63, 3.8) is 0 Å². The zero-order valence-electron chi connectivity index (χ0n) is 12.0. The second kappa shape index (κ2) is 6.89. The summed E-state index contributed by atoms with van der Waals surface area (Å²) in [5.41, 5.74) is 7.29. The van der Waals surface area contributed by atoms with Crippen LogP contribution >= 0.6 is 11.6 Å². The molecule has 0 fully saturated rings. The fraction of sp³-hybridized carbons (Fsp3) is 0.0667. The van der Waals surface area contributed by atoms with Crippen molar-refractivity contribution in [2.75, 3.05) is 5.73 Å². The lowest BCUT2D eigenvalue weighted by atomic mass is 10.2. The zero-order chi connectivity index (χ0) is 16.1. The molecule has 1 heterocycles. The summed E-state index contributed by atoms with van der Waals surface area (Å²) in [6.45, 7) is 0.389. The monoisotopic (exact) mass is 328 g/mol. The highest BCUT2D eigenvalue weighted by molar-refractivity contribution is 6.31. The molecule has 116 valence electrons. The number of nitrogen functional groups attached to an aromatic ring is 1. The number of hydrogen-bond donors (Lipinski definition) is 1. The van der Waals surface area contributed by atoms with Gasteiger partial charge >= 0.3 is 0 Å². The minimum atomic E-state index is 0.118. The number of ether oxygens (including phenoxy) is 1. The second-order valence-corrected chi connectivity index (χ2v) is 5.03. The Kier molecular flexibility index (Phi) is 4.49. The van der Waals surface area contributed by atoms with Gasteiger partial charge < -0.3 is 10.5 Å². The van der Waals surface area contributed by atoms with Crippen LogP contribution in [0, 0.1) is 0 Å². The van der Waals surface area contributed by atoms with Crippen molar-refractivity contribution in [1.29, 1.82) is 0 Å². The fourth-order valence-electron chi connectivity index (χ4n) is 1.85. The summed E-state index contributed by atoms with van der Waals surface area (Å²) < 4.78 is 5.76. The van der Waals surface area contributed by atoms with Crippen LogP contribution < -0.4 is 10.5 Å². The molecule has 0 aliphatic heterocycles. The Morgan fingerprint density at radius 1 is 1.22 bits per heavy atom. The van der Waals surface area contributed by atoms with Crippen LogP contribution in [0.5, 0.6) is 5.75 Å². The molecule has 0 radical (unpaired) electrons. The van der Waals surface area contributed by atoms with E-state index in [1.165, 1.54) is 0 Å². The van der Waals surface area contributed by atoms with Crippen molar-refractivity contribution >= 4 is 23.8 Å². The largest absolute Gasteiger partial charge is 0.489 e. The highest BCUT2D eigenvalue weighted by Crippen LogP contribution is 2.19. The molecule has 0 aliphatic carbocycles. The molecular formula is C15H13ClN6O. The maximum Gasteiger partial charge on any atom is 0.263 e. The van der Waals surface area contributed by atoms with Gasteiger partial charge in [-0.15, -0.1) is 0 Å². The van der Waals surface area contributed by atoms with Gasteiger partial charge in [-0.25, -0.2) is 0 Å². The summed E-state index contributed by atoms with van der Waals surface area (Å²) in [6, 6.07) is 15.0. The molecule has 0 atom stereocenters. The molecule has 2 aromatic carbocycles. The number of nitrogens with zero attached hydrogens (tertiary/aromatic N) is 5. The molecule has 0 amide bonds. The Morgan fingerprint density at radius 2 is 2.09 bits per heavy atom. The maximum absolute atomic E-state index is 6.11. The first kappa shape index (κ1) is 15.0. The van der Waals surface area contributed by atoms with Gasteiger partial charge in [0.1, 0.15) is 12.4 Å². The highest BCUT2D eigenvalue weighted by Gasteiger charge is 2.01. The van der Waals surface area contributed by atoms with Gasteiger partial charge in [0, 0.05) is 10.6 Å². The van der Waals surface area contributed by atoms with Gasteiger partial charge in [0.2, 0.25) is 0 Å². The number of benzene rings is 2. The lowest BCUT2D eigenvalue weighted by molar-refractivity contribution is 0.306. The zero-order valence-corrected chi connectivity index (χ0v) is 12.8. The quantitative estimate of drug-likeness (QED) is 0.726. The summed E-state index contributed by atoms with van der Waals surface area (Å²) in [5.74, 6) is 0.825. The van der Waals surface area contributed by atoms with Crippen LogP contribution in [0.1, 0.15) is 11.1 Å². The summed E-state index contributed by atoms with van der Waals surface area (Å²) in [4.78, 5) is 1.14. The van der Waals surface area contributed by atoms with E-state index in [-0.39, 0.29) is 5.95 Å². The molecule has 1 aromatic heterocycles. The molecule has 0 spiro atoms. The fourth-order valence-corrected chi connectivity index (χ4v) is 2.04. The van der Waals surface area contributed by atoms with Gasteiger partial charge in [0.25, 0.3) is 5.95 Å². The number of rotatable bonds is 5. The topological polar surface area (TPSA) is 91.2 Å². The minimum absolute atomic E-state index is 0.118. The van der Waals surface area contributed by atoms with E-state index in [0.717, 1.165) is 15.9 Å². The van der Waals surface area contributed by atoms with Crippen LogP contribution in [0.2, 0.25) is 5.02 Å². The van der Waals surface area contributed by atoms with Crippen LogP contribution in [0.15, 0.2) is 53.6 Å². The van der Waals surface area contributed by atoms with Crippen LogP contribution in [-0.2, 0) is 6.61 Å². The van der Waals surface area contributed by atoms with Gasteiger partial charge in [-0.1, -0.05) is 51.8 Å². The van der Waals surface area contributed by atoms with Gasteiger partial charge in [-0.2, -0.15) is 5.10 Å². The average Bonchev–Trinajstić information content (AvgIpc) is 2.98. The lowest BCUT2D eigenvalue weighted by Crippen LogP contribution is -2.00. The van der Waals surface area contributed by atoms with Crippen molar-refractivity contribution in [3.05, 3.63) is 64.7 Å². The summed E-state index contributed by atoms with van der Waals surface area (Å²) >= 11 is 6.11. The minimum Gasteiger partial charge on any atom is -0.489 e. The van der Waals surface area contributed by atoms with Gasteiger partial charge in [-0.05, 0) is 34.2 Å². The first-order valence-corrected chi connectivity index (χ1v) is 7.14. The number of hydrogen-bond acceptors (Lipinski definition) is 6. The van der Waals surface area contributed by atoms with E-state index in [1.807, 2.05) is 48.5 Å². The number of tetrazole rings is 1. The van der Waals surface area contributed by atoms with E-state index in [1.54, 1.807) is 6.21 Å². The SMILES string of the molecule is Nc1nnnn1/N=C/c1cccc(OCc2ccccc2Cl)c1. The second-order valence-electron chi connectivity index (χ2n) is 4.62. The van der Waals surface area contributed by atoms with Crippen LogP contribution in [-0.4, -0.2) is 26.5 Å². The molecule has 3 aromatic rings. The first-order valence-electron chi connectivity index (χ1n) is 6.77. The number of aromatic nitrogens is 4. The van der Waals surface area contributed by atoms with E-state index >= 15 is 0 Å². The molecule has 0 saturated heterocycles. The smallest absolute Gasteiger partial charge is 0.263 e. The maximum atomic E-state index is 6.11. The summed E-state index contributed by atoms with van der Waals surface area (Å²) in [7, 11) is 0. The van der Waals surface area contributed by atoms with Crippen molar-refractivity contribution in [2.45, 2.75) is 6.61 Å². The number of nitrogens with two attached hydrogens (primary N) is 1. The van der Waals surface area contributed by atoms with Crippen molar-refractivity contribution in [3.8, 4) is 5.75 Å². The van der Waals surface area contributed by atoms with Crippen molar-refractivity contribution in [1.82, 2.24) is 20.3 Å². The molecule has 7 nitrogen and oxygen atoms in total. The molecule has 3 rings (SSSR count). The average molecular weight is 329 g/mol. The van der Waals surface area contributed by atoms with E-state index in [4.69, 9.17) is 22.1 Å². The Morgan fingerprint density at radius 3 is 2.87 bits per heavy atom. The molecule has 23 heavy (non-hydrogen) atoms. The molecule has 8 heteroatoms. The molecule has 0 saturated carbocycles.